The topological polar surface area (TPSA) is 29.5 Å². The van der Waals surface area contributed by atoms with E-state index in [-0.39, 0.29) is 5.91 Å². The SMILES string of the molecule is O=C(/C=C/c1ccc2c(c1)CCO2)N1CCC(c2ccccc2)CC1. The van der Waals surface area contributed by atoms with E-state index in [9.17, 15) is 4.79 Å². The molecule has 128 valence electrons. The van der Waals surface area contributed by atoms with Crippen molar-refractivity contribution < 1.29 is 9.53 Å². The quantitative estimate of drug-likeness (QED) is 0.793. The molecule has 4 rings (SSSR count). The number of piperidine rings is 1. The van der Waals surface area contributed by atoms with Crippen LogP contribution in [0.1, 0.15) is 35.4 Å². The third kappa shape index (κ3) is 3.60. The van der Waals surface area contributed by atoms with Crippen molar-refractivity contribution in [1.82, 2.24) is 4.90 Å². The van der Waals surface area contributed by atoms with Gasteiger partial charge in [-0.2, -0.15) is 0 Å². The number of rotatable bonds is 3. The summed E-state index contributed by atoms with van der Waals surface area (Å²) in [6.45, 7) is 2.43. The second-order valence-electron chi connectivity index (χ2n) is 6.81. The minimum atomic E-state index is 0.114. The smallest absolute Gasteiger partial charge is 0.246 e. The summed E-state index contributed by atoms with van der Waals surface area (Å²) in [7, 11) is 0. The van der Waals surface area contributed by atoms with Crippen molar-refractivity contribution in [3.63, 3.8) is 0 Å². The zero-order chi connectivity index (χ0) is 17.1. The monoisotopic (exact) mass is 333 g/mol. The minimum absolute atomic E-state index is 0.114. The lowest BCUT2D eigenvalue weighted by Gasteiger charge is -2.31. The Bertz CT molecular complexity index is 774. The molecule has 3 nitrogen and oxygen atoms in total. The summed E-state index contributed by atoms with van der Waals surface area (Å²) in [6, 6.07) is 16.8. The molecule has 0 aromatic heterocycles. The fraction of sp³-hybridized carbons (Fsp3) is 0.318. The summed E-state index contributed by atoms with van der Waals surface area (Å²) in [5.41, 5.74) is 3.69. The highest BCUT2D eigenvalue weighted by Crippen LogP contribution is 2.28. The Labute approximate surface area is 148 Å². The molecule has 0 saturated carbocycles. The summed E-state index contributed by atoms with van der Waals surface area (Å²) in [6.07, 6.45) is 6.67. The Morgan fingerprint density at radius 2 is 1.88 bits per heavy atom. The van der Waals surface area contributed by atoms with Crippen LogP contribution >= 0.6 is 0 Å². The van der Waals surface area contributed by atoms with Crippen molar-refractivity contribution in [3.05, 3.63) is 71.3 Å². The van der Waals surface area contributed by atoms with Crippen LogP contribution < -0.4 is 4.74 Å². The second kappa shape index (κ2) is 7.14. The Kier molecular flexibility index (Phi) is 4.55. The van der Waals surface area contributed by atoms with Crippen LogP contribution in [-0.4, -0.2) is 30.5 Å². The number of carbonyl (C=O) groups is 1. The van der Waals surface area contributed by atoms with Crippen molar-refractivity contribution in [2.75, 3.05) is 19.7 Å². The summed E-state index contributed by atoms with van der Waals surface area (Å²) < 4.78 is 5.52. The van der Waals surface area contributed by atoms with E-state index in [0.29, 0.717) is 5.92 Å². The molecule has 2 aliphatic heterocycles. The fourth-order valence-electron chi connectivity index (χ4n) is 3.74. The predicted molar refractivity (Wildman–Crippen MR) is 99.7 cm³/mol. The summed E-state index contributed by atoms with van der Waals surface area (Å²) in [4.78, 5) is 14.4. The van der Waals surface area contributed by atoms with E-state index in [0.717, 1.165) is 50.3 Å². The highest BCUT2D eigenvalue weighted by molar-refractivity contribution is 5.91. The van der Waals surface area contributed by atoms with Crippen molar-refractivity contribution in [1.29, 1.82) is 0 Å². The molecule has 2 aromatic rings. The number of hydrogen-bond acceptors (Lipinski definition) is 2. The first-order chi connectivity index (χ1) is 12.3. The first-order valence-electron chi connectivity index (χ1n) is 9.07. The standard InChI is InChI=1S/C22H23NO2/c24-22(9-7-17-6-8-21-20(16-17)12-15-25-21)23-13-10-19(11-14-23)18-4-2-1-3-5-18/h1-9,16,19H,10-15H2/b9-7+. The normalized spacial score (nSPS) is 17.5. The average molecular weight is 333 g/mol. The van der Waals surface area contributed by atoms with Gasteiger partial charge >= 0.3 is 0 Å². The van der Waals surface area contributed by atoms with E-state index in [4.69, 9.17) is 4.74 Å². The predicted octanol–water partition coefficient (Wildman–Crippen LogP) is 4.04. The third-order valence-electron chi connectivity index (χ3n) is 5.21. The Balaban J connectivity index is 1.34. The molecule has 25 heavy (non-hydrogen) atoms. The van der Waals surface area contributed by atoms with E-state index in [1.807, 2.05) is 23.1 Å². The van der Waals surface area contributed by atoms with Gasteiger partial charge < -0.3 is 9.64 Å². The van der Waals surface area contributed by atoms with Gasteiger partial charge in [-0.25, -0.2) is 0 Å². The molecule has 0 atom stereocenters. The molecule has 2 aromatic carbocycles. The maximum absolute atomic E-state index is 12.5. The highest BCUT2D eigenvalue weighted by atomic mass is 16.5. The Hall–Kier alpha value is -2.55. The molecule has 1 fully saturated rings. The summed E-state index contributed by atoms with van der Waals surface area (Å²) in [5, 5.41) is 0. The lowest BCUT2D eigenvalue weighted by molar-refractivity contribution is -0.126. The van der Waals surface area contributed by atoms with Gasteiger partial charge in [0.2, 0.25) is 5.91 Å². The van der Waals surface area contributed by atoms with Crippen LogP contribution in [0, 0.1) is 0 Å². The number of carbonyl (C=O) groups excluding carboxylic acids is 1. The van der Waals surface area contributed by atoms with Crippen LogP contribution in [0.2, 0.25) is 0 Å². The maximum Gasteiger partial charge on any atom is 0.246 e. The molecule has 2 heterocycles. The minimum Gasteiger partial charge on any atom is -0.493 e. The van der Waals surface area contributed by atoms with Gasteiger partial charge in [0.25, 0.3) is 0 Å². The van der Waals surface area contributed by atoms with Gasteiger partial charge in [0.1, 0.15) is 5.75 Å². The van der Waals surface area contributed by atoms with Crippen LogP contribution in [0.3, 0.4) is 0 Å². The van der Waals surface area contributed by atoms with Crippen molar-refractivity contribution in [2.45, 2.75) is 25.2 Å². The van der Waals surface area contributed by atoms with Gasteiger partial charge in [-0.1, -0.05) is 36.4 Å². The van der Waals surface area contributed by atoms with Crippen LogP contribution in [0.25, 0.3) is 6.08 Å². The summed E-state index contributed by atoms with van der Waals surface area (Å²) in [5.74, 6) is 1.67. The number of hydrogen-bond donors (Lipinski definition) is 0. The van der Waals surface area contributed by atoms with Crippen LogP contribution in [0.5, 0.6) is 5.75 Å². The van der Waals surface area contributed by atoms with Gasteiger partial charge in [0, 0.05) is 25.6 Å². The lowest BCUT2D eigenvalue weighted by atomic mass is 9.89. The van der Waals surface area contributed by atoms with E-state index >= 15 is 0 Å². The molecule has 2 aliphatic rings. The van der Waals surface area contributed by atoms with E-state index in [1.165, 1.54) is 11.1 Å². The van der Waals surface area contributed by atoms with E-state index < -0.39 is 0 Å². The Morgan fingerprint density at radius 3 is 2.68 bits per heavy atom. The number of likely N-dealkylation sites (tertiary alicyclic amines) is 1. The average Bonchev–Trinajstić information content (AvgIpc) is 3.15. The van der Waals surface area contributed by atoms with Gasteiger partial charge in [0.05, 0.1) is 6.61 Å². The Morgan fingerprint density at radius 1 is 1.08 bits per heavy atom. The molecule has 1 saturated heterocycles. The molecular formula is C22H23NO2. The first-order valence-corrected chi connectivity index (χ1v) is 9.07. The highest BCUT2D eigenvalue weighted by Gasteiger charge is 2.22. The van der Waals surface area contributed by atoms with Gasteiger partial charge in [-0.15, -0.1) is 0 Å². The zero-order valence-corrected chi connectivity index (χ0v) is 14.4. The number of ether oxygens (including phenoxy) is 1. The fourth-order valence-corrected chi connectivity index (χ4v) is 3.74. The van der Waals surface area contributed by atoms with E-state index in [2.05, 4.69) is 36.4 Å². The molecule has 0 N–H and O–H groups in total. The van der Waals surface area contributed by atoms with E-state index in [1.54, 1.807) is 6.08 Å². The van der Waals surface area contributed by atoms with Crippen LogP contribution in [0.4, 0.5) is 0 Å². The van der Waals surface area contributed by atoms with Gasteiger partial charge in [-0.3, -0.25) is 4.79 Å². The second-order valence-corrected chi connectivity index (χ2v) is 6.81. The molecule has 0 spiro atoms. The zero-order valence-electron chi connectivity index (χ0n) is 14.4. The molecule has 0 radical (unpaired) electrons. The number of fused-ring (bicyclic) bond motifs is 1. The summed E-state index contributed by atoms with van der Waals surface area (Å²) >= 11 is 0. The molecule has 1 amide bonds. The number of amides is 1. The number of benzene rings is 2. The number of nitrogens with zero attached hydrogens (tertiary/aromatic N) is 1. The van der Waals surface area contributed by atoms with Gasteiger partial charge in [-0.05, 0) is 53.7 Å². The van der Waals surface area contributed by atoms with Gasteiger partial charge in [0.15, 0.2) is 0 Å². The molecule has 3 heteroatoms. The van der Waals surface area contributed by atoms with Crippen LogP contribution in [0.15, 0.2) is 54.6 Å². The molecule has 0 bridgehead atoms. The largest absolute Gasteiger partial charge is 0.493 e. The first kappa shape index (κ1) is 15.9. The van der Waals surface area contributed by atoms with Crippen LogP contribution in [-0.2, 0) is 11.2 Å². The maximum atomic E-state index is 12.5. The molecule has 0 aliphatic carbocycles. The van der Waals surface area contributed by atoms with Crippen molar-refractivity contribution in [3.8, 4) is 5.75 Å². The third-order valence-corrected chi connectivity index (χ3v) is 5.21. The lowest BCUT2D eigenvalue weighted by Crippen LogP contribution is -2.36. The van der Waals surface area contributed by atoms with Crippen molar-refractivity contribution >= 4 is 12.0 Å². The molecular weight excluding hydrogens is 310 g/mol. The molecule has 0 unspecified atom stereocenters. The van der Waals surface area contributed by atoms with Crippen molar-refractivity contribution in [2.24, 2.45) is 0 Å².